The summed E-state index contributed by atoms with van der Waals surface area (Å²) in [6, 6.07) is 15.3. The maximum absolute atomic E-state index is 13.4. The first kappa shape index (κ1) is 25.2. The predicted molar refractivity (Wildman–Crippen MR) is 140 cm³/mol. The number of carbonyl (C=O) groups excluding carboxylic acids is 2. The van der Waals surface area contributed by atoms with Crippen LogP contribution in [0.4, 0.5) is 5.69 Å². The predicted octanol–water partition coefficient (Wildman–Crippen LogP) is 4.95. The largest absolute Gasteiger partial charge is 0.497 e. The van der Waals surface area contributed by atoms with Crippen LogP contribution < -0.4 is 10.1 Å². The van der Waals surface area contributed by atoms with Crippen molar-refractivity contribution in [1.29, 1.82) is 0 Å². The second-order valence-corrected chi connectivity index (χ2v) is 10.9. The molecule has 1 saturated heterocycles. The molecule has 2 amide bonds. The summed E-state index contributed by atoms with van der Waals surface area (Å²) < 4.78 is 5.23. The van der Waals surface area contributed by atoms with Crippen molar-refractivity contribution < 1.29 is 14.3 Å². The first-order valence-corrected chi connectivity index (χ1v) is 12.8. The van der Waals surface area contributed by atoms with Crippen LogP contribution in [-0.4, -0.2) is 60.9 Å². The van der Waals surface area contributed by atoms with Gasteiger partial charge in [-0.1, -0.05) is 45.7 Å². The summed E-state index contributed by atoms with van der Waals surface area (Å²) in [7, 11) is 1.63. The number of benzene rings is 2. The molecule has 6 nitrogen and oxygen atoms in total. The number of nitrogens with one attached hydrogen (secondary N) is 1. The average molecular weight is 478 g/mol. The van der Waals surface area contributed by atoms with Crippen molar-refractivity contribution in [3.8, 4) is 5.75 Å². The Hall–Kier alpha value is -2.86. The van der Waals surface area contributed by atoms with E-state index in [0.717, 1.165) is 29.8 Å². The summed E-state index contributed by atoms with van der Waals surface area (Å²) >= 11 is 0. The number of rotatable bonds is 6. The Balaban J connectivity index is 1.40. The van der Waals surface area contributed by atoms with Crippen molar-refractivity contribution in [2.45, 2.75) is 57.9 Å². The van der Waals surface area contributed by atoms with E-state index in [1.54, 1.807) is 7.11 Å². The van der Waals surface area contributed by atoms with E-state index < -0.39 is 0 Å². The molecule has 2 aromatic rings. The smallest absolute Gasteiger partial charge is 0.253 e. The van der Waals surface area contributed by atoms with Crippen molar-refractivity contribution in [2.24, 2.45) is 5.92 Å². The van der Waals surface area contributed by atoms with Crippen molar-refractivity contribution in [3.63, 3.8) is 0 Å². The molecule has 1 saturated carbocycles. The van der Waals surface area contributed by atoms with E-state index in [2.05, 4.69) is 43.1 Å². The van der Waals surface area contributed by atoms with Crippen LogP contribution in [-0.2, 0) is 10.2 Å². The molecule has 1 aliphatic heterocycles. The Kier molecular flexibility index (Phi) is 7.80. The van der Waals surface area contributed by atoms with Gasteiger partial charge in [0.2, 0.25) is 5.91 Å². The highest BCUT2D eigenvalue weighted by Gasteiger charge is 2.37. The maximum Gasteiger partial charge on any atom is 0.253 e. The number of hydrogen-bond acceptors (Lipinski definition) is 4. The molecule has 1 heterocycles. The third kappa shape index (κ3) is 6.04. The lowest BCUT2D eigenvalue weighted by atomic mass is 9.86. The standard InChI is InChI=1S/C29H39N3O3/c1-29(2,3)23-11-9-22(10-12-23)28(34)32-19-17-31(18-20-32)26(21-7-5-6-8-21)27(33)30-24-13-15-25(35-4)16-14-24/h9-16,21,26H,5-8,17-20H2,1-4H3,(H,30,33)/t26-/m1/s1. The number of methoxy groups -OCH3 is 1. The number of nitrogens with zero attached hydrogens (tertiary/aromatic N) is 2. The van der Waals surface area contributed by atoms with Gasteiger partial charge in [0, 0.05) is 37.4 Å². The fourth-order valence-electron chi connectivity index (χ4n) is 5.34. The van der Waals surface area contributed by atoms with Crippen LogP contribution in [0.25, 0.3) is 0 Å². The summed E-state index contributed by atoms with van der Waals surface area (Å²) in [5, 5.41) is 3.13. The van der Waals surface area contributed by atoms with Crippen LogP contribution in [0.5, 0.6) is 5.75 Å². The van der Waals surface area contributed by atoms with Gasteiger partial charge < -0.3 is 15.0 Å². The van der Waals surface area contributed by atoms with Gasteiger partial charge >= 0.3 is 0 Å². The number of carbonyl (C=O) groups is 2. The Morgan fingerprint density at radius 3 is 2.06 bits per heavy atom. The topological polar surface area (TPSA) is 61.9 Å². The molecule has 0 aromatic heterocycles. The number of amides is 2. The molecule has 0 spiro atoms. The van der Waals surface area contributed by atoms with E-state index in [0.29, 0.717) is 32.1 Å². The second-order valence-electron chi connectivity index (χ2n) is 10.9. The van der Waals surface area contributed by atoms with Gasteiger partial charge in [0.15, 0.2) is 0 Å². The molecule has 4 rings (SSSR count). The number of hydrogen-bond donors (Lipinski definition) is 1. The summed E-state index contributed by atoms with van der Waals surface area (Å²) in [5.74, 6) is 1.26. The lowest BCUT2D eigenvalue weighted by Crippen LogP contribution is -2.56. The number of ether oxygens (including phenoxy) is 1. The fraction of sp³-hybridized carbons (Fsp3) is 0.517. The third-order valence-electron chi connectivity index (χ3n) is 7.47. The highest BCUT2D eigenvalue weighted by Crippen LogP contribution is 2.32. The zero-order chi connectivity index (χ0) is 25.0. The van der Waals surface area contributed by atoms with E-state index >= 15 is 0 Å². The van der Waals surface area contributed by atoms with Crippen molar-refractivity contribution in [3.05, 3.63) is 59.7 Å². The zero-order valence-electron chi connectivity index (χ0n) is 21.5. The molecule has 1 N–H and O–H groups in total. The van der Waals surface area contributed by atoms with Crippen molar-refractivity contribution in [1.82, 2.24) is 9.80 Å². The SMILES string of the molecule is COc1ccc(NC(=O)[C@@H](C2CCCC2)N2CCN(C(=O)c3ccc(C(C)(C)C)cc3)CC2)cc1. The Morgan fingerprint density at radius 1 is 0.914 bits per heavy atom. The maximum atomic E-state index is 13.4. The van der Waals surface area contributed by atoms with Gasteiger partial charge in [-0.3, -0.25) is 14.5 Å². The minimum Gasteiger partial charge on any atom is -0.497 e. The van der Waals surface area contributed by atoms with Crippen LogP contribution >= 0.6 is 0 Å². The molecule has 2 aromatic carbocycles. The molecule has 2 fully saturated rings. The number of anilines is 1. The van der Waals surface area contributed by atoms with Crippen molar-refractivity contribution >= 4 is 17.5 Å². The Morgan fingerprint density at radius 2 is 1.51 bits per heavy atom. The summed E-state index contributed by atoms with van der Waals surface area (Å²) in [6.07, 6.45) is 4.53. The summed E-state index contributed by atoms with van der Waals surface area (Å²) in [6.45, 7) is 9.22. The van der Waals surface area contributed by atoms with E-state index in [1.807, 2.05) is 41.3 Å². The normalized spacial score (nSPS) is 18.3. The molecule has 35 heavy (non-hydrogen) atoms. The highest BCUT2D eigenvalue weighted by molar-refractivity contribution is 5.95. The van der Waals surface area contributed by atoms with E-state index in [9.17, 15) is 9.59 Å². The third-order valence-corrected chi connectivity index (χ3v) is 7.47. The Bertz CT molecular complexity index is 997. The molecule has 1 atom stereocenters. The van der Waals surface area contributed by atoms with Gasteiger partial charge in [-0.15, -0.1) is 0 Å². The lowest BCUT2D eigenvalue weighted by molar-refractivity contribution is -0.123. The minimum absolute atomic E-state index is 0.0552. The second kappa shape index (κ2) is 10.8. The van der Waals surface area contributed by atoms with Gasteiger partial charge in [-0.25, -0.2) is 0 Å². The minimum atomic E-state index is -0.164. The van der Waals surface area contributed by atoms with E-state index in [-0.39, 0.29) is 23.3 Å². The first-order chi connectivity index (χ1) is 16.8. The van der Waals surface area contributed by atoms with Crippen LogP contribution in [0.2, 0.25) is 0 Å². The van der Waals surface area contributed by atoms with Crippen LogP contribution in [0.3, 0.4) is 0 Å². The average Bonchev–Trinajstić information content (AvgIpc) is 3.38. The van der Waals surface area contributed by atoms with Crippen molar-refractivity contribution in [2.75, 3.05) is 38.6 Å². The molecule has 0 bridgehead atoms. The monoisotopic (exact) mass is 477 g/mol. The molecular formula is C29H39N3O3. The molecule has 0 unspecified atom stereocenters. The molecular weight excluding hydrogens is 438 g/mol. The van der Waals surface area contributed by atoms with Crippen LogP contribution in [0.1, 0.15) is 62.4 Å². The quantitative estimate of drug-likeness (QED) is 0.640. The molecule has 0 radical (unpaired) electrons. The molecule has 6 heteroatoms. The van der Waals surface area contributed by atoms with Gasteiger partial charge in [-0.05, 0) is 66.1 Å². The summed E-state index contributed by atoms with van der Waals surface area (Å²) in [5.41, 5.74) is 2.80. The Labute approximate surface area is 209 Å². The molecule has 1 aliphatic carbocycles. The first-order valence-electron chi connectivity index (χ1n) is 12.8. The molecule has 2 aliphatic rings. The highest BCUT2D eigenvalue weighted by atomic mass is 16.5. The van der Waals surface area contributed by atoms with E-state index in [1.165, 1.54) is 18.4 Å². The van der Waals surface area contributed by atoms with Crippen LogP contribution in [0, 0.1) is 5.92 Å². The van der Waals surface area contributed by atoms with Gasteiger partial charge in [-0.2, -0.15) is 0 Å². The zero-order valence-corrected chi connectivity index (χ0v) is 21.5. The van der Waals surface area contributed by atoms with Gasteiger partial charge in [0.25, 0.3) is 5.91 Å². The van der Waals surface area contributed by atoms with Gasteiger partial charge in [0.1, 0.15) is 5.75 Å². The van der Waals surface area contributed by atoms with Crippen LogP contribution in [0.15, 0.2) is 48.5 Å². The van der Waals surface area contributed by atoms with Gasteiger partial charge in [0.05, 0.1) is 13.2 Å². The fourth-order valence-corrected chi connectivity index (χ4v) is 5.34. The lowest BCUT2D eigenvalue weighted by Gasteiger charge is -2.40. The molecule has 188 valence electrons. The number of piperazine rings is 1. The summed E-state index contributed by atoms with van der Waals surface area (Å²) in [4.78, 5) is 30.8. The van der Waals surface area contributed by atoms with E-state index in [4.69, 9.17) is 4.74 Å².